The van der Waals surface area contributed by atoms with Gasteiger partial charge in [0.1, 0.15) is 23.0 Å². The molecule has 69 heavy (non-hydrogen) atoms. The van der Waals surface area contributed by atoms with Crippen molar-refractivity contribution in [3.05, 3.63) is 251 Å². The molecule has 0 saturated carbocycles. The highest BCUT2D eigenvalue weighted by Gasteiger charge is 2.45. The number of carbonyl (C=O) groups is 4. The summed E-state index contributed by atoms with van der Waals surface area (Å²) in [6.07, 6.45) is 0. The van der Waals surface area contributed by atoms with E-state index < -0.39 is 17.4 Å². The first-order valence-corrected chi connectivity index (χ1v) is 22.3. The molecular formula is C61H46O8. The largest absolute Gasteiger partial charge is 0.497 e. The fourth-order valence-corrected chi connectivity index (χ4v) is 8.90. The second kappa shape index (κ2) is 19.5. The van der Waals surface area contributed by atoms with Crippen LogP contribution in [0.2, 0.25) is 0 Å². The van der Waals surface area contributed by atoms with Crippen molar-refractivity contribution < 1.29 is 38.1 Å². The van der Waals surface area contributed by atoms with E-state index in [2.05, 4.69) is 72.8 Å². The predicted molar refractivity (Wildman–Crippen MR) is 269 cm³/mol. The van der Waals surface area contributed by atoms with Crippen LogP contribution in [0.1, 0.15) is 77.5 Å². The van der Waals surface area contributed by atoms with Crippen LogP contribution in [-0.4, -0.2) is 37.7 Å². The minimum absolute atomic E-state index is 0.0138. The second-order valence-electron chi connectivity index (χ2n) is 16.6. The first kappa shape index (κ1) is 45.3. The van der Waals surface area contributed by atoms with Crippen LogP contribution in [0.15, 0.2) is 206 Å². The zero-order chi connectivity index (χ0) is 48.1. The van der Waals surface area contributed by atoms with Gasteiger partial charge in [0.05, 0.1) is 30.8 Å². The topological polar surface area (TPSA) is 105 Å². The number of ether oxygens (including phenoxy) is 4. The van der Waals surface area contributed by atoms with Gasteiger partial charge < -0.3 is 18.9 Å². The number of fused-ring (bicyclic) bond motifs is 4. The summed E-state index contributed by atoms with van der Waals surface area (Å²) < 4.78 is 21.7. The van der Waals surface area contributed by atoms with Crippen molar-refractivity contribution in [2.45, 2.75) is 19.3 Å². The average molecular weight is 907 g/mol. The maximum Gasteiger partial charge on any atom is 0.343 e. The van der Waals surface area contributed by atoms with Gasteiger partial charge in [-0.2, -0.15) is 0 Å². The third kappa shape index (κ3) is 9.16. The minimum atomic E-state index is -0.555. The van der Waals surface area contributed by atoms with Crippen molar-refractivity contribution in [2.75, 3.05) is 14.2 Å². The summed E-state index contributed by atoms with van der Waals surface area (Å²) in [6.45, 7) is 3.08. The number of hydrogen-bond acceptors (Lipinski definition) is 8. The van der Waals surface area contributed by atoms with Crippen LogP contribution in [0.3, 0.4) is 0 Å². The lowest BCUT2D eigenvalue weighted by atomic mass is 9.68. The Labute approximate surface area is 400 Å². The molecule has 8 nitrogen and oxygen atoms in total. The van der Waals surface area contributed by atoms with Crippen molar-refractivity contribution in [3.63, 3.8) is 0 Å². The molecule has 0 aliphatic heterocycles. The fraction of sp³-hybridized carbons (Fsp3) is 0.0820. The maximum absolute atomic E-state index is 13.1. The smallest absolute Gasteiger partial charge is 0.343 e. The minimum Gasteiger partial charge on any atom is -0.497 e. The van der Waals surface area contributed by atoms with Crippen LogP contribution in [0.25, 0.3) is 33.0 Å². The van der Waals surface area contributed by atoms with Crippen molar-refractivity contribution in [1.29, 1.82) is 0 Å². The summed E-state index contributed by atoms with van der Waals surface area (Å²) in [5, 5.41) is 1.79. The summed E-state index contributed by atoms with van der Waals surface area (Å²) in [4.78, 5) is 48.4. The zero-order valence-corrected chi connectivity index (χ0v) is 38.4. The Morgan fingerprint density at radius 1 is 0.362 bits per heavy atom. The van der Waals surface area contributed by atoms with Gasteiger partial charge in [-0.25, -0.2) is 9.59 Å². The molecule has 0 aromatic heterocycles. The molecule has 0 atom stereocenters. The number of hydrogen-bond donors (Lipinski definition) is 0. The molecular weight excluding hydrogens is 861 g/mol. The van der Waals surface area contributed by atoms with E-state index in [1.165, 1.54) is 29.2 Å². The second-order valence-corrected chi connectivity index (χ2v) is 16.6. The fourth-order valence-electron chi connectivity index (χ4n) is 8.90. The Morgan fingerprint density at radius 2 is 0.725 bits per heavy atom. The predicted octanol–water partition coefficient (Wildman–Crippen LogP) is 13.4. The van der Waals surface area contributed by atoms with E-state index in [9.17, 15) is 19.2 Å². The lowest BCUT2D eigenvalue weighted by Gasteiger charge is -2.34. The van der Waals surface area contributed by atoms with E-state index in [1.807, 2.05) is 78.9 Å². The van der Waals surface area contributed by atoms with Crippen LogP contribution in [0, 0.1) is 0 Å². The third-order valence-electron chi connectivity index (χ3n) is 12.5. The molecule has 0 fully saturated rings. The van der Waals surface area contributed by atoms with Crippen LogP contribution < -0.4 is 18.9 Å². The average Bonchev–Trinajstić information content (AvgIpc) is 3.70. The molecule has 8 heteroatoms. The number of ketones is 2. The van der Waals surface area contributed by atoms with E-state index in [-0.39, 0.29) is 11.6 Å². The van der Waals surface area contributed by atoms with Crippen molar-refractivity contribution in [3.8, 4) is 45.3 Å². The lowest BCUT2D eigenvalue weighted by molar-refractivity contribution is 0.0725. The molecule has 9 aromatic rings. The summed E-state index contributed by atoms with van der Waals surface area (Å²) in [5.41, 5.74) is 10.6. The quantitative estimate of drug-likeness (QED) is 0.0718. The number of Topliss-reactive ketones (excluding diaryl/α,β-unsaturated/α-hetero) is 2. The van der Waals surface area contributed by atoms with E-state index in [0.717, 1.165) is 38.8 Å². The molecule has 10 rings (SSSR count). The van der Waals surface area contributed by atoms with E-state index in [0.29, 0.717) is 39.5 Å². The molecule has 1 aliphatic carbocycles. The normalized spacial score (nSPS) is 11.8. The molecule has 0 spiro atoms. The summed E-state index contributed by atoms with van der Waals surface area (Å²) in [6, 6.07) is 65.4. The van der Waals surface area contributed by atoms with Gasteiger partial charge in [0, 0.05) is 11.1 Å². The van der Waals surface area contributed by atoms with Gasteiger partial charge in [-0.3, -0.25) is 9.59 Å². The van der Waals surface area contributed by atoms with Crippen molar-refractivity contribution >= 4 is 34.3 Å². The number of benzene rings is 9. The van der Waals surface area contributed by atoms with Gasteiger partial charge in [-0.15, -0.1) is 0 Å². The zero-order valence-electron chi connectivity index (χ0n) is 38.4. The van der Waals surface area contributed by atoms with Gasteiger partial charge in [-0.05, 0) is 148 Å². The highest BCUT2D eigenvalue weighted by atomic mass is 16.5. The molecule has 9 aromatic carbocycles. The first-order valence-electron chi connectivity index (χ1n) is 22.3. The Morgan fingerprint density at radius 3 is 1.19 bits per heavy atom. The van der Waals surface area contributed by atoms with Crippen LogP contribution in [-0.2, 0) is 5.41 Å². The number of methoxy groups -OCH3 is 2. The molecule has 0 N–H and O–H groups in total. The van der Waals surface area contributed by atoms with E-state index >= 15 is 0 Å². The molecule has 0 radical (unpaired) electrons. The maximum atomic E-state index is 13.1. The lowest BCUT2D eigenvalue weighted by Crippen LogP contribution is -2.28. The molecule has 0 bridgehead atoms. The molecule has 0 heterocycles. The van der Waals surface area contributed by atoms with Gasteiger partial charge in [-0.1, -0.05) is 127 Å². The molecule has 338 valence electrons. The third-order valence-corrected chi connectivity index (χ3v) is 12.5. The molecule has 0 unspecified atom stereocenters. The van der Waals surface area contributed by atoms with Crippen LogP contribution >= 0.6 is 0 Å². The molecule has 0 saturated heterocycles. The van der Waals surface area contributed by atoms with Gasteiger partial charge in [0.25, 0.3) is 0 Å². The van der Waals surface area contributed by atoms with E-state index in [4.69, 9.17) is 18.9 Å². The van der Waals surface area contributed by atoms with E-state index in [1.54, 1.807) is 75.7 Å². The van der Waals surface area contributed by atoms with Crippen LogP contribution in [0.5, 0.6) is 23.0 Å². The SMILES string of the molecule is COc1ccc(C2(c3ccc(OC(=O)c4ccc(-c5ccc(C(C)=O)cc5)cc4)cc3)c3ccccc3-c3ccccc32)cc1.COc1ccc(OC(=O)c2ccc3cc(C(C)=O)ccc3c2)cc1. The monoisotopic (exact) mass is 906 g/mol. The van der Waals surface area contributed by atoms with Crippen LogP contribution in [0.4, 0.5) is 0 Å². The molecule has 1 aliphatic rings. The Hall–Kier alpha value is -8.88. The Bertz CT molecular complexity index is 3310. The molecule has 0 amide bonds. The standard InChI is InChI=1S/C41H30O4.C20H16O4/c1-27(42)28-11-13-29(14-12-28)30-15-17-31(18-16-30)40(43)45-35-25-21-33(22-26-35)41(32-19-23-34(44-2)24-20-32)38-9-5-3-7-36(38)37-8-4-6-10-39(37)41;1-13(21)14-3-4-16-12-17(6-5-15(16)11-14)20(22)24-19-9-7-18(23-2)8-10-19/h3-26H,1-2H3;3-12H,1-2H3. The first-order chi connectivity index (χ1) is 33.5. The van der Waals surface area contributed by atoms with Crippen molar-refractivity contribution in [1.82, 2.24) is 0 Å². The number of rotatable bonds is 11. The van der Waals surface area contributed by atoms with Gasteiger partial charge in [0.2, 0.25) is 0 Å². The highest BCUT2D eigenvalue weighted by molar-refractivity contribution is 6.01. The van der Waals surface area contributed by atoms with Gasteiger partial charge >= 0.3 is 11.9 Å². The summed E-state index contributed by atoms with van der Waals surface area (Å²) in [7, 11) is 3.25. The number of esters is 2. The summed E-state index contributed by atoms with van der Waals surface area (Å²) in [5.74, 6) is 1.60. The summed E-state index contributed by atoms with van der Waals surface area (Å²) >= 11 is 0. The Balaban J connectivity index is 0.000000208. The highest BCUT2D eigenvalue weighted by Crippen LogP contribution is 2.56. The number of carbonyl (C=O) groups excluding carboxylic acids is 4. The van der Waals surface area contributed by atoms with Gasteiger partial charge in [0.15, 0.2) is 11.6 Å². The Kier molecular flexibility index (Phi) is 12.8. The van der Waals surface area contributed by atoms with Crippen molar-refractivity contribution in [2.24, 2.45) is 0 Å².